The first kappa shape index (κ1) is 14.8. The Morgan fingerprint density at radius 2 is 1.89 bits per heavy atom. The highest BCUT2D eigenvalue weighted by atomic mass is 16.4. The molecule has 0 saturated heterocycles. The standard InChI is InChI=1S/C14H18N2O3/c1-10(2)9-15-13(19)16-14(3,12(17)18)11-7-5-4-6-8-11/h4-8H,1,9H2,2-3H3,(H,17,18)(H2,15,16,19). The third-order valence-corrected chi connectivity index (χ3v) is 2.69. The van der Waals surface area contributed by atoms with E-state index in [1.54, 1.807) is 37.3 Å². The van der Waals surface area contributed by atoms with E-state index in [2.05, 4.69) is 17.2 Å². The van der Waals surface area contributed by atoms with Gasteiger partial charge in [-0.05, 0) is 19.4 Å². The molecule has 2 amide bonds. The number of carbonyl (C=O) groups excluding carboxylic acids is 1. The molecule has 102 valence electrons. The maximum Gasteiger partial charge on any atom is 0.333 e. The number of carboxylic acids is 1. The van der Waals surface area contributed by atoms with E-state index in [9.17, 15) is 14.7 Å². The van der Waals surface area contributed by atoms with Crippen molar-refractivity contribution in [3.63, 3.8) is 0 Å². The Balaban J connectivity index is 2.87. The van der Waals surface area contributed by atoms with Crippen molar-refractivity contribution in [3.8, 4) is 0 Å². The molecule has 1 unspecified atom stereocenters. The lowest BCUT2D eigenvalue weighted by atomic mass is 9.92. The molecule has 0 saturated carbocycles. The van der Waals surface area contributed by atoms with Gasteiger partial charge in [0, 0.05) is 6.54 Å². The maximum absolute atomic E-state index is 11.7. The molecule has 5 nitrogen and oxygen atoms in total. The Hall–Kier alpha value is -2.30. The first-order valence-corrected chi connectivity index (χ1v) is 5.85. The summed E-state index contributed by atoms with van der Waals surface area (Å²) in [6.07, 6.45) is 0. The predicted molar refractivity (Wildman–Crippen MR) is 72.8 cm³/mol. The summed E-state index contributed by atoms with van der Waals surface area (Å²) in [7, 11) is 0. The third-order valence-electron chi connectivity index (χ3n) is 2.69. The molecule has 1 rings (SSSR count). The minimum absolute atomic E-state index is 0.302. The SMILES string of the molecule is C=C(C)CNC(=O)NC(C)(C(=O)O)c1ccccc1. The van der Waals surface area contributed by atoms with Gasteiger partial charge in [0.2, 0.25) is 0 Å². The van der Waals surface area contributed by atoms with Crippen molar-refractivity contribution in [2.45, 2.75) is 19.4 Å². The van der Waals surface area contributed by atoms with Gasteiger partial charge in [0.15, 0.2) is 5.54 Å². The number of amides is 2. The summed E-state index contributed by atoms with van der Waals surface area (Å²) in [6.45, 7) is 7.18. The van der Waals surface area contributed by atoms with Crippen molar-refractivity contribution in [1.29, 1.82) is 0 Å². The van der Waals surface area contributed by atoms with Crippen LogP contribution in [0.1, 0.15) is 19.4 Å². The summed E-state index contributed by atoms with van der Waals surface area (Å²) >= 11 is 0. The number of hydrogen-bond acceptors (Lipinski definition) is 2. The van der Waals surface area contributed by atoms with Crippen molar-refractivity contribution in [3.05, 3.63) is 48.0 Å². The lowest BCUT2D eigenvalue weighted by molar-refractivity contribution is -0.144. The summed E-state index contributed by atoms with van der Waals surface area (Å²) in [4.78, 5) is 23.1. The van der Waals surface area contributed by atoms with Gasteiger partial charge in [0.1, 0.15) is 0 Å². The summed E-state index contributed by atoms with van der Waals surface area (Å²) in [6, 6.07) is 8.01. The maximum atomic E-state index is 11.7. The van der Waals surface area contributed by atoms with E-state index in [0.29, 0.717) is 12.1 Å². The van der Waals surface area contributed by atoms with Crippen molar-refractivity contribution >= 4 is 12.0 Å². The minimum atomic E-state index is -1.47. The molecule has 1 atom stereocenters. The van der Waals surface area contributed by atoms with E-state index >= 15 is 0 Å². The summed E-state index contributed by atoms with van der Waals surface area (Å²) in [5.74, 6) is -1.12. The average molecular weight is 262 g/mol. The lowest BCUT2D eigenvalue weighted by Gasteiger charge is -2.26. The van der Waals surface area contributed by atoms with E-state index in [1.165, 1.54) is 6.92 Å². The molecule has 0 bridgehead atoms. The van der Waals surface area contributed by atoms with E-state index in [-0.39, 0.29) is 0 Å². The number of rotatable bonds is 5. The Kier molecular flexibility index (Phi) is 4.69. The van der Waals surface area contributed by atoms with Crippen LogP contribution in [-0.4, -0.2) is 23.7 Å². The van der Waals surface area contributed by atoms with Crippen LogP contribution in [-0.2, 0) is 10.3 Å². The van der Waals surface area contributed by atoms with Crippen LogP contribution in [0.15, 0.2) is 42.5 Å². The van der Waals surface area contributed by atoms with E-state index in [4.69, 9.17) is 0 Å². The van der Waals surface area contributed by atoms with Crippen molar-refractivity contribution < 1.29 is 14.7 Å². The van der Waals surface area contributed by atoms with Gasteiger partial charge in [-0.3, -0.25) is 0 Å². The fourth-order valence-corrected chi connectivity index (χ4v) is 1.52. The van der Waals surface area contributed by atoms with Gasteiger partial charge >= 0.3 is 12.0 Å². The molecule has 0 heterocycles. The smallest absolute Gasteiger partial charge is 0.333 e. The van der Waals surface area contributed by atoms with Crippen LogP contribution < -0.4 is 10.6 Å². The number of carbonyl (C=O) groups is 2. The van der Waals surface area contributed by atoms with Crippen LogP contribution in [0.5, 0.6) is 0 Å². The van der Waals surface area contributed by atoms with Crippen molar-refractivity contribution in [1.82, 2.24) is 10.6 Å². The minimum Gasteiger partial charge on any atom is -0.479 e. The number of benzene rings is 1. The van der Waals surface area contributed by atoms with Crippen LogP contribution in [0.2, 0.25) is 0 Å². The normalized spacial score (nSPS) is 13.2. The van der Waals surface area contributed by atoms with Gasteiger partial charge in [0.25, 0.3) is 0 Å². The molecule has 5 heteroatoms. The van der Waals surface area contributed by atoms with Gasteiger partial charge in [-0.2, -0.15) is 0 Å². The number of nitrogens with one attached hydrogen (secondary N) is 2. The van der Waals surface area contributed by atoms with Gasteiger partial charge in [0.05, 0.1) is 0 Å². The Morgan fingerprint density at radius 3 is 2.37 bits per heavy atom. The number of aliphatic carboxylic acids is 1. The Bertz CT molecular complexity index is 485. The second kappa shape index (κ2) is 6.04. The zero-order chi connectivity index (χ0) is 14.5. The zero-order valence-electron chi connectivity index (χ0n) is 11.1. The molecule has 3 N–H and O–H groups in total. The number of hydrogen-bond donors (Lipinski definition) is 3. The third kappa shape index (κ3) is 3.84. The largest absolute Gasteiger partial charge is 0.479 e. The van der Waals surface area contributed by atoms with Gasteiger partial charge in [-0.1, -0.05) is 42.5 Å². The highest BCUT2D eigenvalue weighted by molar-refractivity contribution is 5.87. The fourth-order valence-electron chi connectivity index (χ4n) is 1.52. The fraction of sp³-hybridized carbons (Fsp3) is 0.286. The highest BCUT2D eigenvalue weighted by Gasteiger charge is 2.36. The second-order valence-electron chi connectivity index (χ2n) is 4.56. The molecule has 0 fully saturated rings. The Morgan fingerprint density at radius 1 is 1.32 bits per heavy atom. The highest BCUT2D eigenvalue weighted by Crippen LogP contribution is 2.20. The molecule has 19 heavy (non-hydrogen) atoms. The van der Waals surface area contributed by atoms with Crippen molar-refractivity contribution in [2.75, 3.05) is 6.54 Å². The molecule has 0 radical (unpaired) electrons. The summed E-state index contributed by atoms with van der Waals surface area (Å²) in [5.41, 5.74) is -0.180. The summed E-state index contributed by atoms with van der Waals surface area (Å²) in [5, 5.41) is 14.4. The first-order valence-electron chi connectivity index (χ1n) is 5.85. The number of carboxylic acid groups (broad SMARTS) is 1. The topological polar surface area (TPSA) is 78.4 Å². The second-order valence-corrected chi connectivity index (χ2v) is 4.56. The number of urea groups is 1. The van der Waals surface area contributed by atoms with E-state index < -0.39 is 17.5 Å². The molecule has 1 aromatic carbocycles. The predicted octanol–water partition coefficient (Wildman–Crippen LogP) is 1.86. The van der Waals surface area contributed by atoms with E-state index in [1.807, 2.05) is 0 Å². The van der Waals surface area contributed by atoms with Crippen LogP contribution in [0, 0.1) is 0 Å². The monoisotopic (exact) mass is 262 g/mol. The molecular formula is C14H18N2O3. The lowest BCUT2D eigenvalue weighted by Crippen LogP contribution is -2.53. The zero-order valence-corrected chi connectivity index (χ0v) is 11.1. The molecule has 0 spiro atoms. The molecule has 0 aliphatic carbocycles. The van der Waals surface area contributed by atoms with Crippen LogP contribution in [0.4, 0.5) is 4.79 Å². The van der Waals surface area contributed by atoms with Crippen LogP contribution in [0.3, 0.4) is 0 Å². The molecule has 0 aliphatic rings. The van der Waals surface area contributed by atoms with Gasteiger partial charge in [-0.15, -0.1) is 0 Å². The molecule has 0 aliphatic heterocycles. The van der Waals surface area contributed by atoms with Crippen molar-refractivity contribution in [2.24, 2.45) is 0 Å². The van der Waals surface area contributed by atoms with Gasteiger partial charge in [-0.25, -0.2) is 9.59 Å². The van der Waals surface area contributed by atoms with E-state index in [0.717, 1.165) is 5.57 Å². The van der Waals surface area contributed by atoms with Gasteiger partial charge < -0.3 is 15.7 Å². The Labute approximate surface area is 112 Å². The molecular weight excluding hydrogens is 244 g/mol. The molecule has 0 aromatic heterocycles. The van der Waals surface area contributed by atoms with Crippen LogP contribution >= 0.6 is 0 Å². The average Bonchev–Trinajstić information content (AvgIpc) is 2.37. The summed E-state index contributed by atoms with van der Waals surface area (Å²) < 4.78 is 0. The molecule has 1 aromatic rings. The quantitative estimate of drug-likeness (QED) is 0.709. The van der Waals surface area contributed by atoms with Crippen LogP contribution in [0.25, 0.3) is 0 Å². The first-order chi connectivity index (χ1) is 8.86.